The lowest BCUT2D eigenvalue weighted by Gasteiger charge is -2.07. The molecule has 2 rings (SSSR count). The van der Waals surface area contributed by atoms with Crippen LogP contribution in [0.5, 0.6) is 5.75 Å². The zero-order valence-corrected chi connectivity index (χ0v) is 17.6. The van der Waals surface area contributed by atoms with Crippen LogP contribution in [0.25, 0.3) is 11.4 Å². The molecule has 0 bridgehead atoms. The van der Waals surface area contributed by atoms with E-state index < -0.39 is 5.24 Å². The molecular weight excluding hydrogens is 372 g/mol. The second kappa shape index (κ2) is 13.3. The molecule has 28 heavy (non-hydrogen) atoms. The Labute approximate surface area is 173 Å². The van der Waals surface area contributed by atoms with E-state index in [-0.39, 0.29) is 0 Å². The Morgan fingerprint density at radius 2 is 1.39 bits per heavy atom. The van der Waals surface area contributed by atoms with Crippen LogP contribution in [0.3, 0.4) is 0 Å². The molecule has 0 aliphatic heterocycles. The summed E-state index contributed by atoms with van der Waals surface area (Å²) in [6.07, 6.45) is 16.5. The van der Waals surface area contributed by atoms with Crippen LogP contribution in [-0.2, 0) is 0 Å². The van der Waals surface area contributed by atoms with Gasteiger partial charge in [0.2, 0.25) is 0 Å². The summed E-state index contributed by atoms with van der Waals surface area (Å²) in [7, 11) is 0. The van der Waals surface area contributed by atoms with Crippen LogP contribution in [0.4, 0.5) is 0 Å². The SMILES string of the molecule is CCCCCCCCCCCCOc1cnc(-c2ccc(C(=O)Cl)cc2)nc1. The number of ether oxygens (including phenoxy) is 1. The first-order valence-corrected chi connectivity index (χ1v) is 10.8. The number of halogens is 1. The van der Waals surface area contributed by atoms with Gasteiger partial charge in [0, 0.05) is 11.1 Å². The van der Waals surface area contributed by atoms with Crippen molar-refractivity contribution in [2.75, 3.05) is 6.61 Å². The average molecular weight is 403 g/mol. The van der Waals surface area contributed by atoms with Gasteiger partial charge in [-0.05, 0) is 30.2 Å². The number of hydrogen-bond acceptors (Lipinski definition) is 4. The molecule has 0 amide bonds. The van der Waals surface area contributed by atoms with Crippen LogP contribution in [0, 0.1) is 0 Å². The van der Waals surface area contributed by atoms with Crippen LogP contribution in [-0.4, -0.2) is 21.8 Å². The molecule has 4 nitrogen and oxygen atoms in total. The zero-order chi connectivity index (χ0) is 20.0. The van der Waals surface area contributed by atoms with Gasteiger partial charge in [-0.15, -0.1) is 0 Å². The standard InChI is InChI=1S/C23H31ClN2O2/c1-2-3-4-5-6-7-8-9-10-11-16-28-21-17-25-23(26-18-21)20-14-12-19(13-15-20)22(24)27/h12-15,17-18H,2-11,16H2,1H3. The number of nitrogens with zero attached hydrogens (tertiary/aromatic N) is 2. The summed E-state index contributed by atoms with van der Waals surface area (Å²) >= 11 is 5.45. The van der Waals surface area contributed by atoms with Crippen molar-refractivity contribution in [1.29, 1.82) is 0 Å². The normalized spacial score (nSPS) is 10.8. The average Bonchev–Trinajstić information content (AvgIpc) is 2.72. The quantitative estimate of drug-likeness (QED) is 0.257. The first-order valence-electron chi connectivity index (χ1n) is 10.5. The molecule has 0 N–H and O–H groups in total. The monoisotopic (exact) mass is 402 g/mol. The molecule has 0 saturated carbocycles. The van der Waals surface area contributed by atoms with Crippen LogP contribution < -0.4 is 4.74 Å². The molecule has 0 radical (unpaired) electrons. The number of carbonyl (C=O) groups excluding carboxylic acids is 1. The van der Waals surface area contributed by atoms with E-state index in [1.165, 1.54) is 57.8 Å². The Hall–Kier alpha value is -1.94. The van der Waals surface area contributed by atoms with Crippen molar-refractivity contribution in [2.45, 2.75) is 71.1 Å². The van der Waals surface area contributed by atoms with Gasteiger partial charge < -0.3 is 4.74 Å². The molecule has 1 aromatic carbocycles. The fourth-order valence-corrected chi connectivity index (χ4v) is 3.20. The first kappa shape index (κ1) is 22.4. The third kappa shape index (κ3) is 8.39. The second-order valence-electron chi connectivity index (χ2n) is 7.12. The summed E-state index contributed by atoms with van der Waals surface area (Å²) in [6.45, 7) is 2.96. The molecule has 0 aliphatic rings. The Bertz CT molecular complexity index is 687. The van der Waals surface area contributed by atoms with Gasteiger partial charge in [0.15, 0.2) is 11.6 Å². The van der Waals surface area contributed by atoms with Crippen molar-refractivity contribution < 1.29 is 9.53 Å². The molecular formula is C23H31ClN2O2. The molecule has 0 atom stereocenters. The highest BCUT2D eigenvalue weighted by atomic mass is 35.5. The summed E-state index contributed by atoms with van der Waals surface area (Å²) in [5, 5.41) is -0.469. The summed E-state index contributed by atoms with van der Waals surface area (Å²) in [6, 6.07) is 6.91. The predicted molar refractivity (Wildman–Crippen MR) is 115 cm³/mol. The fraction of sp³-hybridized carbons (Fsp3) is 0.522. The minimum absolute atomic E-state index is 0.460. The van der Waals surface area contributed by atoms with Gasteiger partial charge in [-0.25, -0.2) is 9.97 Å². The van der Waals surface area contributed by atoms with E-state index in [1.54, 1.807) is 36.7 Å². The minimum Gasteiger partial charge on any atom is -0.490 e. The van der Waals surface area contributed by atoms with E-state index in [2.05, 4.69) is 16.9 Å². The number of unbranched alkanes of at least 4 members (excludes halogenated alkanes) is 9. The van der Waals surface area contributed by atoms with Gasteiger partial charge in [0.25, 0.3) is 5.24 Å². The Balaban J connectivity index is 1.59. The van der Waals surface area contributed by atoms with E-state index in [0.29, 0.717) is 23.7 Å². The topological polar surface area (TPSA) is 52.1 Å². The Morgan fingerprint density at radius 3 is 1.93 bits per heavy atom. The molecule has 2 aromatic rings. The largest absolute Gasteiger partial charge is 0.490 e. The van der Waals surface area contributed by atoms with Crippen molar-refractivity contribution in [1.82, 2.24) is 9.97 Å². The van der Waals surface area contributed by atoms with Crippen molar-refractivity contribution >= 4 is 16.8 Å². The van der Waals surface area contributed by atoms with Crippen molar-refractivity contribution in [2.24, 2.45) is 0 Å². The highest BCUT2D eigenvalue weighted by Gasteiger charge is 2.05. The van der Waals surface area contributed by atoms with Crippen molar-refractivity contribution in [3.63, 3.8) is 0 Å². The molecule has 0 unspecified atom stereocenters. The Kier molecular flexibility index (Phi) is 10.6. The van der Waals surface area contributed by atoms with Gasteiger partial charge >= 0.3 is 0 Å². The zero-order valence-electron chi connectivity index (χ0n) is 16.8. The smallest absolute Gasteiger partial charge is 0.252 e. The number of rotatable bonds is 14. The maximum absolute atomic E-state index is 11.1. The lowest BCUT2D eigenvalue weighted by atomic mass is 10.1. The molecule has 0 fully saturated rings. The lowest BCUT2D eigenvalue weighted by molar-refractivity contribution is 0.108. The van der Waals surface area contributed by atoms with Gasteiger partial charge in [0.05, 0.1) is 19.0 Å². The third-order valence-electron chi connectivity index (χ3n) is 4.76. The molecule has 1 aromatic heterocycles. The van der Waals surface area contributed by atoms with Crippen LogP contribution >= 0.6 is 11.6 Å². The van der Waals surface area contributed by atoms with Crippen LogP contribution in [0.2, 0.25) is 0 Å². The number of benzene rings is 1. The van der Waals surface area contributed by atoms with E-state index in [0.717, 1.165) is 12.0 Å². The number of aromatic nitrogens is 2. The highest BCUT2D eigenvalue weighted by molar-refractivity contribution is 6.67. The van der Waals surface area contributed by atoms with Crippen LogP contribution in [0.1, 0.15) is 81.5 Å². The third-order valence-corrected chi connectivity index (χ3v) is 4.98. The van der Waals surface area contributed by atoms with Gasteiger partial charge in [-0.2, -0.15) is 0 Å². The minimum atomic E-state index is -0.469. The van der Waals surface area contributed by atoms with E-state index in [1.807, 2.05) is 0 Å². The highest BCUT2D eigenvalue weighted by Crippen LogP contribution is 2.18. The second-order valence-corrected chi connectivity index (χ2v) is 7.47. The van der Waals surface area contributed by atoms with Crippen molar-refractivity contribution in [3.05, 3.63) is 42.2 Å². The molecule has 0 aliphatic carbocycles. The summed E-state index contributed by atoms with van der Waals surface area (Å²) in [5.74, 6) is 1.28. The molecule has 5 heteroatoms. The van der Waals surface area contributed by atoms with Gasteiger partial charge in [-0.3, -0.25) is 4.79 Å². The molecule has 0 spiro atoms. The van der Waals surface area contributed by atoms with E-state index in [9.17, 15) is 4.79 Å². The lowest BCUT2D eigenvalue weighted by Crippen LogP contribution is -1.99. The Morgan fingerprint density at radius 1 is 0.857 bits per heavy atom. The predicted octanol–water partition coefficient (Wildman–Crippen LogP) is 6.82. The van der Waals surface area contributed by atoms with Gasteiger partial charge in [-0.1, -0.05) is 76.8 Å². The van der Waals surface area contributed by atoms with Crippen molar-refractivity contribution in [3.8, 4) is 17.1 Å². The summed E-state index contributed by atoms with van der Waals surface area (Å²) in [5.41, 5.74) is 1.30. The van der Waals surface area contributed by atoms with Crippen LogP contribution in [0.15, 0.2) is 36.7 Å². The fourth-order valence-electron chi connectivity index (χ4n) is 3.07. The molecule has 152 valence electrons. The molecule has 0 saturated heterocycles. The van der Waals surface area contributed by atoms with E-state index in [4.69, 9.17) is 16.3 Å². The van der Waals surface area contributed by atoms with E-state index >= 15 is 0 Å². The summed E-state index contributed by atoms with van der Waals surface area (Å²) in [4.78, 5) is 19.8. The summed E-state index contributed by atoms with van der Waals surface area (Å²) < 4.78 is 5.73. The number of hydrogen-bond donors (Lipinski definition) is 0. The maximum atomic E-state index is 11.1. The molecule has 1 heterocycles. The number of carbonyl (C=O) groups is 1. The van der Waals surface area contributed by atoms with Gasteiger partial charge in [0.1, 0.15) is 0 Å². The first-order chi connectivity index (χ1) is 13.7. The maximum Gasteiger partial charge on any atom is 0.252 e.